The molecule has 0 radical (unpaired) electrons. The lowest BCUT2D eigenvalue weighted by atomic mass is 9.82. The van der Waals surface area contributed by atoms with Gasteiger partial charge in [0.2, 0.25) is 0 Å². The Kier molecular flexibility index (Phi) is 3.04. The van der Waals surface area contributed by atoms with Gasteiger partial charge in [-0.25, -0.2) is 0 Å². The monoisotopic (exact) mass is 202 g/mol. The van der Waals surface area contributed by atoms with Crippen molar-refractivity contribution in [2.75, 3.05) is 13.1 Å². The molecule has 1 aliphatic heterocycles. The van der Waals surface area contributed by atoms with E-state index in [-0.39, 0.29) is 13.1 Å². The third-order valence-electron chi connectivity index (χ3n) is 2.64. The predicted octanol–water partition coefficient (Wildman–Crippen LogP) is 1.40. The average molecular weight is 202 g/mol. The molecular formula is C9H12F2N2O. The van der Waals surface area contributed by atoms with E-state index >= 15 is 0 Å². The van der Waals surface area contributed by atoms with Gasteiger partial charge in [-0.05, 0) is 19.8 Å². The number of piperidine rings is 1. The first-order chi connectivity index (χ1) is 6.48. The number of rotatable bonds is 1. The van der Waals surface area contributed by atoms with Gasteiger partial charge < -0.3 is 4.90 Å². The first-order valence-electron chi connectivity index (χ1n) is 4.47. The standard InChI is InChI=1S/C9H12F2N2O/c1-9(6-12)2-4-13(5-3-9)8(14)7(10)11/h7H,2-5H2,1H3. The van der Waals surface area contributed by atoms with E-state index in [0.29, 0.717) is 12.8 Å². The van der Waals surface area contributed by atoms with Crippen LogP contribution in [0.1, 0.15) is 19.8 Å². The largest absolute Gasteiger partial charge is 0.338 e. The molecule has 5 heteroatoms. The summed E-state index contributed by atoms with van der Waals surface area (Å²) < 4.78 is 24.1. The molecule has 0 aliphatic carbocycles. The summed E-state index contributed by atoms with van der Waals surface area (Å²) in [5.41, 5.74) is -0.459. The van der Waals surface area contributed by atoms with Gasteiger partial charge >= 0.3 is 6.43 Å². The van der Waals surface area contributed by atoms with E-state index in [4.69, 9.17) is 5.26 Å². The molecule has 0 bridgehead atoms. The Hall–Kier alpha value is -1.18. The van der Waals surface area contributed by atoms with Crippen LogP contribution in [0.2, 0.25) is 0 Å². The molecule has 3 nitrogen and oxygen atoms in total. The molecule has 0 aromatic rings. The maximum atomic E-state index is 12.0. The Balaban J connectivity index is 2.52. The molecular weight excluding hydrogens is 190 g/mol. The highest BCUT2D eigenvalue weighted by Gasteiger charge is 2.34. The molecule has 1 fully saturated rings. The molecule has 78 valence electrons. The number of amides is 1. The SMILES string of the molecule is CC1(C#N)CCN(C(=O)C(F)F)CC1. The van der Waals surface area contributed by atoms with E-state index in [1.807, 2.05) is 0 Å². The van der Waals surface area contributed by atoms with Gasteiger partial charge in [0.1, 0.15) is 0 Å². The van der Waals surface area contributed by atoms with Gasteiger partial charge in [-0.3, -0.25) is 4.79 Å². The fourth-order valence-corrected chi connectivity index (χ4v) is 1.47. The minimum Gasteiger partial charge on any atom is -0.338 e. The number of hydrogen-bond donors (Lipinski definition) is 0. The summed E-state index contributed by atoms with van der Waals surface area (Å²) in [6.45, 7) is 2.30. The lowest BCUT2D eigenvalue weighted by Gasteiger charge is -2.34. The number of likely N-dealkylation sites (tertiary alicyclic amines) is 1. The summed E-state index contributed by atoms with van der Waals surface area (Å²) in [4.78, 5) is 12.0. The molecule has 0 atom stereocenters. The normalized spacial score (nSPS) is 20.6. The fraction of sp³-hybridized carbons (Fsp3) is 0.778. The zero-order valence-electron chi connectivity index (χ0n) is 7.96. The summed E-state index contributed by atoms with van der Waals surface area (Å²) in [6, 6.07) is 2.14. The minimum absolute atomic E-state index is 0.257. The van der Waals surface area contributed by atoms with E-state index in [9.17, 15) is 13.6 Å². The van der Waals surface area contributed by atoms with Crippen molar-refractivity contribution in [3.05, 3.63) is 0 Å². The van der Waals surface area contributed by atoms with E-state index in [2.05, 4.69) is 6.07 Å². The third kappa shape index (κ3) is 2.19. The highest BCUT2D eigenvalue weighted by molar-refractivity contribution is 5.79. The number of nitrogens with zero attached hydrogens (tertiary/aromatic N) is 2. The van der Waals surface area contributed by atoms with E-state index in [1.54, 1.807) is 6.92 Å². The summed E-state index contributed by atoms with van der Waals surface area (Å²) in [5.74, 6) is -1.12. The fourth-order valence-electron chi connectivity index (χ4n) is 1.47. The van der Waals surface area contributed by atoms with E-state index in [1.165, 1.54) is 0 Å². The van der Waals surface area contributed by atoms with Crippen LogP contribution < -0.4 is 0 Å². The van der Waals surface area contributed by atoms with Crippen molar-refractivity contribution in [2.45, 2.75) is 26.2 Å². The number of hydrogen-bond acceptors (Lipinski definition) is 2. The maximum Gasteiger partial charge on any atom is 0.315 e. The Morgan fingerprint density at radius 1 is 1.50 bits per heavy atom. The van der Waals surface area contributed by atoms with Crippen molar-refractivity contribution in [2.24, 2.45) is 5.41 Å². The van der Waals surface area contributed by atoms with E-state index < -0.39 is 17.7 Å². The second-order valence-corrected chi connectivity index (χ2v) is 3.80. The molecule has 0 saturated carbocycles. The molecule has 0 aromatic heterocycles. The van der Waals surface area contributed by atoms with Gasteiger partial charge in [0.15, 0.2) is 0 Å². The zero-order valence-corrected chi connectivity index (χ0v) is 7.96. The van der Waals surface area contributed by atoms with Crippen molar-refractivity contribution in [3.8, 4) is 6.07 Å². The molecule has 14 heavy (non-hydrogen) atoms. The number of carbonyl (C=O) groups is 1. The van der Waals surface area contributed by atoms with Gasteiger partial charge in [-0.1, -0.05) is 0 Å². The number of halogens is 2. The van der Waals surface area contributed by atoms with Crippen LogP contribution in [0.3, 0.4) is 0 Å². The van der Waals surface area contributed by atoms with Crippen molar-refractivity contribution < 1.29 is 13.6 Å². The van der Waals surface area contributed by atoms with Crippen molar-refractivity contribution in [3.63, 3.8) is 0 Å². The number of alkyl halides is 2. The van der Waals surface area contributed by atoms with Crippen LogP contribution in [0.15, 0.2) is 0 Å². The van der Waals surface area contributed by atoms with Crippen molar-refractivity contribution in [1.29, 1.82) is 5.26 Å². The number of nitriles is 1. The summed E-state index contributed by atoms with van der Waals surface area (Å²) in [6.07, 6.45) is -1.98. The topological polar surface area (TPSA) is 44.1 Å². The van der Waals surface area contributed by atoms with Gasteiger partial charge in [0, 0.05) is 13.1 Å². The van der Waals surface area contributed by atoms with Crippen LogP contribution in [0.25, 0.3) is 0 Å². The van der Waals surface area contributed by atoms with Gasteiger partial charge in [-0.15, -0.1) is 0 Å². The molecule has 1 amide bonds. The highest BCUT2D eigenvalue weighted by Crippen LogP contribution is 2.30. The van der Waals surface area contributed by atoms with Crippen LogP contribution >= 0.6 is 0 Å². The van der Waals surface area contributed by atoms with Crippen LogP contribution in [-0.2, 0) is 4.79 Å². The Labute approximate surface area is 81.3 Å². The maximum absolute atomic E-state index is 12.0. The molecule has 0 spiro atoms. The summed E-state index contributed by atoms with van der Waals surface area (Å²) in [5, 5.41) is 8.78. The van der Waals surface area contributed by atoms with Gasteiger partial charge in [0.05, 0.1) is 11.5 Å². The molecule has 1 saturated heterocycles. The van der Waals surface area contributed by atoms with Crippen LogP contribution in [0, 0.1) is 16.7 Å². The second-order valence-electron chi connectivity index (χ2n) is 3.80. The predicted molar refractivity (Wildman–Crippen MR) is 45.5 cm³/mol. The summed E-state index contributed by atoms with van der Waals surface area (Å²) in [7, 11) is 0. The number of carbonyl (C=O) groups excluding carboxylic acids is 1. The van der Waals surface area contributed by atoms with Crippen LogP contribution in [0.4, 0.5) is 8.78 Å². The molecule has 1 heterocycles. The Morgan fingerprint density at radius 2 is 2.00 bits per heavy atom. The third-order valence-corrected chi connectivity index (χ3v) is 2.64. The molecule has 1 aliphatic rings. The quantitative estimate of drug-likeness (QED) is 0.645. The average Bonchev–Trinajstić information content (AvgIpc) is 2.18. The first kappa shape index (κ1) is 10.9. The molecule has 0 aromatic carbocycles. The Bertz CT molecular complexity index is 264. The molecule has 0 unspecified atom stereocenters. The lowest BCUT2D eigenvalue weighted by molar-refractivity contribution is -0.144. The van der Waals surface area contributed by atoms with Crippen molar-refractivity contribution in [1.82, 2.24) is 4.90 Å². The van der Waals surface area contributed by atoms with Crippen molar-refractivity contribution >= 4 is 5.91 Å². The van der Waals surface area contributed by atoms with Crippen LogP contribution in [-0.4, -0.2) is 30.3 Å². The van der Waals surface area contributed by atoms with E-state index in [0.717, 1.165) is 4.90 Å². The van der Waals surface area contributed by atoms with Gasteiger partial charge in [0.25, 0.3) is 5.91 Å². The lowest BCUT2D eigenvalue weighted by Crippen LogP contribution is -2.44. The first-order valence-corrected chi connectivity index (χ1v) is 4.47. The second kappa shape index (κ2) is 3.91. The van der Waals surface area contributed by atoms with Crippen LogP contribution in [0.5, 0.6) is 0 Å². The molecule has 0 N–H and O–H groups in total. The smallest absolute Gasteiger partial charge is 0.315 e. The highest BCUT2D eigenvalue weighted by atomic mass is 19.3. The Morgan fingerprint density at radius 3 is 2.36 bits per heavy atom. The van der Waals surface area contributed by atoms with Gasteiger partial charge in [-0.2, -0.15) is 14.0 Å². The molecule has 1 rings (SSSR count). The summed E-state index contributed by atoms with van der Waals surface area (Å²) >= 11 is 0. The zero-order chi connectivity index (χ0) is 10.8. The minimum atomic E-state index is -2.93.